The van der Waals surface area contributed by atoms with E-state index in [-0.39, 0.29) is 18.0 Å². The Hall–Kier alpha value is -4.64. The molecule has 4 aromatic heterocycles. The Labute approximate surface area is 248 Å². The maximum absolute atomic E-state index is 13.7. The van der Waals surface area contributed by atoms with Crippen LogP contribution in [0.3, 0.4) is 0 Å². The number of benzene rings is 1. The van der Waals surface area contributed by atoms with Crippen LogP contribution in [0.25, 0.3) is 33.6 Å². The molecule has 5 aromatic rings. The number of fused-ring (bicyclic) bond motifs is 4. The van der Waals surface area contributed by atoms with E-state index in [9.17, 15) is 4.79 Å². The summed E-state index contributed by atoms with van der Waals surface area (Å²) in [5.41, 5.74) is 17.0. The van der Waals surface area contributed by atoms with Crippen LogP contribution in [-0.4, -0.2) is 60.6 Å². The van der Waals surface area contributed by atoms with Gasteiger partial charge in [0.15, 0.2) is 5.82 Å². The average molecular weight is 578 g/mol. The molecule has 1 amide bonds. The summed E-state index contributed by atoms with van der Waals surface area (Å²) in [5.74, 6) is 3.63. The highest BCUT2D eigenvalue weighted by atomic mass is 16.5. The van der Waals surface area contributed by atoms with Gasteiger partial charge in [-0.2, -0.15) is 0 Å². The third-order valence-electron chi connectivity index (χ3n) is 9.48. The molecule has 0 radical (unpaired) electrons. The number of ether oxygens (including phenoxy) is 1. The number of carbonyl (C=O) groups is 1. The molecule has 3 aliphatic rings. The van der Waals surface area contributed by atoms with Crippen LogP contribution >= 0.6 is 0 Å². The van der Waals surface area contributed by atoms with Crippen molar-refractivity contribution in [3.8, 4) is 17.3 Å². The van der Waals surface area contributed by atoms with Gasteiger partial charge >= 0.3 is 0 Å². The van der Waals surface area contributed by atoms with Gasteiger partial charge in [0, 0.05) is 43.2 Å². The summed E-state index contributed by atoms with van der Waals surface area (Å²) >= 11 is 0. The molecular weight excluding hydrogens is 542 g/mol. The van der Waals surface area contributed by atoms with Crippen LogP contribution in [0.5, 0.6) is 5.75 Å². The summed E-state index contributed by atoms with van der Waals surface area (Å²) in [7, 11) is 3.64. The first-order valence-electron chi connectivity index (χ1n) is 15.0. The second kappa shape index (κ2) is 9.70. The van der Waals surface area contributed by atoms with E-state index in [0.717, 1.165) is 71.0 Å². The zero-order valence-electron chi connectivity index (χ0n) is 24.3. The molecule has 3 atom stereocenters. The summed E-state index contributed by atoms with van der Waals surface area (Å²) in [5, 5.41) is 4.38. The number of carbonyl (C=O) groups excluding carboxylic acids is 1. The summed E-state index contributed by atoms with van der Waals surface area (Å²) in [4.78, 5) is 29.9. The van der Waals surface area contributed by atoms with Gasteiger partial charge in [-0.3, -0.25) is 4.79 Å². The smallest absolute Gasteiger partial charge is 0.254 e. The SMILES string of the molecule is COc1cc(C(=O)N2C[C@H]3CC[C@@H]2[C@@H]3N)cc2nc(-c3cc4ccc(Nc5ccc(N)nc5)nc4n3CC3CC3)n(C)c12. The number of rotatable bonds is 7. The summed E-state index contributed by atoms with van der Waals surface area (Å²) < 4.78 is 10.2. The van der Waals surface area contributed by atoms with Crippen LogP contribution in [0, 0.1) is 11.8 Å². The summed E-state index contributed by atoms with van der Waals surface area (Å²) in [6.45, 7) is 1.58. The number of piperidine rings is 1. The number of hydrogen-bond donors (Lipinski definition) is 3. The molecule has 8 rings (SSSR count). The van der Waals surface area contributed by atoms with Crippen LogP contribution in [0.2, 0.25) is 0 Å². The summed E-state index contributed by atoms with van der Waals surface area (Å²) in [6, 6.07) is 13.8. The fraction of sp³-hybridized carbons (Fsp3) is 0.375. The Morgan fingerprint density at radius 1 is 1.09 bits per heavy atom. The van der Waals surface area contributed by atoms with Crippen molar-refractivity contribution in [2.24, 2.45) is 24.6 Å². The van der Waals surface area contributed by atoms with Crippen molar-refractivity contribution in [3.63, 3.8) is 0 Å². The van der Waals surface area contributed by atoms with Crippen molar-refractivity contribution in [1.29, 1.82) is 0 Å². The maximum Gasteiger partial charge on any atom is 0.254 e. The van der Waals surface area contributed by atoms with Crippen LogP contribution in [0.4, 0.5) is 17.3 Å². The molecule has 3 fully saturated rings. The number of methoxy groups -OCH3 is 1. The molecule has 11 heteroatoms. The Morgan fingerprint density at radius 2 is 1.95 bits per heavy atom. The van der Waals surface area contributed by atoms with E-state index in [1.807, 2.05) is 36.2 Å². The zero-order chi connectivity index (χ0) is 29.4. The molecule has 1 aromatic carbocycles. The predicted octanol–water partition coefficient (Wildman–Crippen LogP) is 4.29. The second-order valence-corrected chi connectivity index (χ2v) is 12.3. The molecule has 1 saturated heterocycles. The fourth-order valence-electron chi connectivity index (χ4n) is 7.02. The Kier molecular flexibility index (Phi) is 5.87. The Balaban J connectivity index is 1.20. The van der Waals surface area contributed by atoms with Gasteiger partial charge in [0.1, 0.15) is 28.5 Å². The third-order valence-corrected chi connectivity index (χ3v) is 9.48. The molecule has 2 saturated carbocycles. The van der Waals surface area contributed by atoms with E-state index in [4.69, 9.17) is 26.2 Å². The number of aromatic nitrogens is 5. The minimum atomic E-state index is -0.00145. The van der Waals surface area contributed by atoms with Gasteiger partial charge in [-0.05, 0) is 80.0 Å². The molecule has 1 aliphatic heterocycles. The lowest BCUT2D eigenvalue weighted by atomic mass is 10.1. The molecule has 2 bridgehead atoms. The standard InChI is InChI=1S/C32H35N9O2/c1-39-29-22(11-20(13-25(29)43-2)32(42)41-16-19-5-8-23(41)28(19)34)37-31(39)24-12-18-6-10-27(36-21-7-9-26(33)35-14-21)38-30(18)40(24)15-17-3-4-17/h6-7,9-14,17,19,23,28H,3-5,8,15-16,34H2,1-2H3,(H2,33,35)(H,36,38)/t19-,23-,28-/m1/s1. The molecular formula is C32H35N9O2. The van der Waals surface area contributed by atoms with Gasteiger partial charge in [-0.1, -0.05) is 0 Å². The molecule has 43 heavy (non-hydrogen) atoms. The first kappa shape index (κ1) is 26.0. The number of likely N-dealkylation sites (tertiary alicyclic amines) is 1. The summed E-state index contributed by atoms with van der Waals surface area (Å²) in [6.07, 6.45) is 6.18. The number of nitrogens with zero attached hydrogens (tertiary/aromatic N) is 6. The molecule has 11 nitrogen and oxygen atoms in total. The van der Waals surface area contributed by atoms with Crippen molar-refractivity contribution in [3.05, 3.63) is 54.2 Å². The molecule has 0 spiro atoms. The van der Waals surface area contributed by atoms with E-state index in [1.165, 1.54) is 12.8 Å². The lowest BCUT2D eigenvalue weighted by Gasteiger charge is -2.27. The molecule has 5 N–H and O–H groups in total. The highest BCUT2D eigenvalue weighted by Gasteiger charge is 2.47. The number of amides is 1. The van der Waals surface area contributed by atoms with E-state index in [0.29, 0.717) is 29.0 Å². The quantitative estimate of drug-likeness (QED) is 0.260. The highest BCUT2D eigenvalue weighted by Crippen LogP contribution is 2.40. The van der Waals surface area contributed by atoms with Gasteiger partial charge in [0.05, 0.1) is 30.2 Å². The van der Waals surface area contributed by atoms with Gasteiger partial charge in [-0.25, -0.2) is 15.0 Å². The van der Waals surface area contributed by atoms with Crippen LogP contribution in [-0.2, 0) is 13.6 Å². The van der Waals surface area contributed by atoms with Crippen molar-refractivity contribution >= 4 is 45.3 Å². The van der Waals surface area contributed by atoms with Crippen molar-refractivity contribution in [2.75, 3.05) is 24.7 Å². The van der Waals surface area contributed by atoms with Crippen molar-refractivity contribution < 1.29 is 9.53 Å². The van der Waals surface area contributed by atoms with Gasteiger partial charge in [0.2, 0.25) is 0 Å². The average Bonchev–Trinajstić information content (AvgIpc) is 3.42. The number of nitrogens with two attached hydrogens (primary N) is 2. The van der Waals surface area contributed by atoms with Crippen LogP contribution in [0.15, 0.2) is 48.7 Å². The number of pyridine rings is 2. The van der Waals surface area contributed by atoms with Crippen LogP contribution < -0.4 is 21.5 Å². The number of hydrogen-bond acceptors (Lipinski definition) is 8. The van der Waals surface area contributed by atoms with Crippen molar-refractivity contribution in [1.82, 2.24) is 29.0 Å². The Morgan fingerprint density at radius 3 is 2.65 bits per heavy atom. The largest absolute Gasteiger partial charge is 0.494 e. The number of anilines is 3. The van der Waals surface area contributed by atoms with E-state index in [1.54, 1.807) is 19.4 Å². The lowest BCUT2D eigenvalue weighted by molar-refractivity contribution is 0.0700. The second-order valence-electron chi connectivity index (χ2n) is 12.3. The van der Waals surface area contributed by atoms with Gasteiger partial charge < -0.3 is 35.6 Å². The monoisotopic (exact) mass is 577 g/mol. The van der Waals surface area contributed by atoms with E-state index < -0.39 is 0 Å². The minimum absolute atomic E-state index is 0.00145. The van der Waals surface area contributed by atoms with Gasteiger partial charge in [0.25, 0.3) is 5.91 Å². The van der Waals surface area contributed by atoms with Gasteiger partial charge in [-0.15, -0.1) is 0 Å². The predicted molar refractivity (Wildman–Crippen MR) is 166 cm³/mol. The number of aryl methyl sites for hydroxylation is 1. The van der Waals surface area contributed by atoms with E-state index >= 15 is 0 Å². The molecule has 5 heterocycles. The van der Waals surface area contributed by atoms with E-state index in [2.05, 4.69) is 31.6 Å². The number of nitrogen functional groups attached to an aromatic ring is 1. The number of nitrogens with one attached hydrogen (secondary N) is 1. The Bertz CT molecular complexity index is 1890. The normalized spacial score (nSPS) is 21.3. The molecule has 2 aliphatic carbocycles. The zero-order valence-corrected chi connectivity index (χ0v) is 24.3. The molecule has 0 unspecified atom stereocenters. The topological polar surface area (TPSA) is 142 Å². The third kappa shape index (κ3) is 4.29. The highest BCUT2D eigenvalue weighted by molar-refractivity contribution is 6.00. The maximum atomic E-state index is 13.7. The first-order valence-corrected chi connectivity index (χ1v) is 15.0. The van der Waals surface area contributed by atoms with Crippen molar-refractivity contribution in [2.45, 2.75) is 44.3 Å². The first-order chi connectivity index (χ1) is 20.9. The van der Waals surface area contributed by atoms with Crippen LogP contribution in [0.1, 0.15) is 36.0 Å². The minimum Gasteiger partial charge on any atom is -0.494 e. The number of imidazole rings is 1. The lowest BCUT2D eigenvalue weighted by Crippen LogP contribution is -2.41. The molecule has 220 valence electrons. The fourth-order valence-corrected chi connectivity index (χ4v) is 7.02.